The highest BCUT2D eigenvalue weighted by Crippen LogP contribution is 2.29. The van der Waals surface area contributed by atoms with Crippen molar-refractivity contribution >= 4 is 17.0 Å². The molecule has 0 saturated heterocycles. The molecule has 1 atom stereocenters. The summed E-state index contributed by atoms with van der Waals surface area (Å²) in [6.07, 6.45) is 6.61. The number of hydrogen-bond acceptors (Lipinski definition) is 5. The Bertz CT molecular complexity index is 994. The molecule has 138 valence electrons. The van der Waals surface area contributed by atoms with Gasteiger partial charge in [-0.3, -0.25) is 0 Å². The van der Waals surface area contributed by atoms with Crippen LogP contribution in [0.5, 0.6) is 0 Å². The molecular formula is C21H24N6. The largest absolute Gasteiger partial charge is 0.351 e. The highest BCUT2D eigenvalue weighted by atomic mass is 15.1. The molecule has 2 aromatic heterocycles. The standard InChI is InChI=1S/C21H24N6/c1-3-27-18-11-7-6-10-17(18)25-20(27)16(12-22)19-14(2)13-23-21(26-19)24-15-8-4-5-9-15/h6-7,10-11,13,15-16H,3-5,8-9H2,1-2H3,(H,23,24,26). The summed E-state index contributed by atoms with van der Waals surface area (Å²) in [7, 11) is 0. The molecule has 1 aliphatic rings. The molecule has 0 radical (unpaired) electrons. The van der Waals surface area contributed by atoms with Gasteiger partial charge in [-0.1, -0.05) is 25.0 Å². The van der Waals surface area contributed by atoms with Crippen LogP contribution in [0.3, 0.4) is 0 Å². The first-order valence-electron chi connectivity index (χ1n) is 9.66. The SMILES string of the molecule is CCn1c(C(C#N)c2nc(NC3CCCC3)ncc2C)nc2ccccc21. The van der Waals surface area contributed by atoms with Crippen molar-refractivity contribution in [3.05, 3.63) is 47.5 Å². The van der Waals surface area contributed by atoms with Crippen molar-refractivity contribution in [2.24, 2.45) is 0 Å². The number of nitrogens with zero attached hydrogens (tertiary/aromatic N) is 5. The molecule has 1 aromatic carbocycles. The maximum atomic E-state index is 9.99. The van der Waals surface area contributed by atoms with Crippen LogP contribution in [0, 0.1) is 18.3 Å². The molecule has 27 heavy (non-hydrogen) atoms. The molecule has 1 N–H and O–H groups in total. The van der Waals surface area contributed by atoms with Crippen LogP contribution in [0.4, 0.5) is 5.95 Å². The van der Waals surface area contributed by atoms with Gasteiger partial charge in [0.1, 0.15) is 11.7 Å². The lowest BCUT2D eigenvalue weighted by atomic mass is 10.0. The summed E-state index contributed by atoms with van der Waals surface area (Å²) >= 11 is 0. The fraction of sp³-hybridized carbons (Fsp3) is 0.429. The van der Waals surface area contributed by atoms with E-state index < -0.39 is 5.92 Å². The third-order valence-electron chi connectivity index (χ3n) is 5.36. The molecule has 2 heterocycles. The van der Waals surface area contributed by atoms with Crippen molar-refractivity contribution < 1.29 is 0 Å². The predicted octanol–water partition coefficient (Wildman–Crippen LogP) is 4.16. The maximum absolute atomic E-state index is 9.99. The maximum Gasteiger partial charge on any atom is 0.223 e. The van der Waals surface area contributed by atoms with Crippen molar-refractivity contribution in [3.8, 4) is 6.07 Å². The third-order valence-corrected chi connectivity index (χ3v) is 5.36. The van der Waals surface area contributed by atoms with E-state index in [0.717, 1.165) is 47.5 Å². The lowest BCUT2D eigenvalue weighted by Gasteiger charge is -2.16. The Hall–Kier alpha value is -2.94. The summed E-state index contributed by atoms with van der Waals surface area (Å²) < 4.78 is 2.11. The number of nitriles is 1. The summed E-state index contributed by atoms with van der Waals surface area (Å²) in [5.74, 6) is 0.834. The molecule has 0 spiro atoms. The minimum atomic E-state index is -0.524. The van der Waals surface area contributed by atoms with Gasteiger partial charge in [0, 0.05) is 18.8 Å². The number of hydrogen-bond donors (Lipinski definition) is 1. The van der Waals surface area contributed by atoms with Gasteiger partial charge in [-0.15, -0.1) is 0 Å². The second-order valence-electron chi connectivity index (χ2n) is 7.15. The lowest BCUT2D eigenvalue weighted by molar-refractivity contribution is 0.699. The van der Waals surface area contributed by atoms with E-state index in [2.05, 4.69) is 27.9 Å². The third kappa shape index (κ3) is 3.25. The van der Waals surface area contributed by atoms with Gasteiger partial charge in [0.05, 0.1) is 22.8 Å². The molecule has 1 fully saturated rings. The first-order valence-corrected chi connectivity index (χ1v) is 9.66. The zero-order valence-corrected chi connectivity index (χ0v) is 15.8. The Balaban J connectivity index is 1.75. The number of rotatable bonds is 5. The van der Waals surface area contributed by atoms with Gasteiger partial charge >= 0.3 is 0 Å². The topological polar surface area (TPSA) is 79.4 Å². The number of imidazole rings is 1. The second kappa shape index (κ2) is 7.36. The van der Waals surface area contributed by atoms with E-state index in [9.17, 15) is 5.26 Å². The summed E-state index contributed by atoms with van der Waals surface area (Å²) in [6.45, 7) is 4.79. The van der Waals surface area contributed by atoms with Gasteiger partial charge in [-0.2, -0.15) is 5.26 Å². The number of para-hydroxylation sites is 2. The molecule has 1 aliphatic carbocycles. The molecule has 1 saturated carbocycles. The Morgan fingerprint density at radius 3 is 2.78 bits per heavy atom. The van der Waals surface area contributed by atoms with Crippen LogP contribution in [-0.2, 0) is 6.54 Å². The van der Waals surface area contributed by atoms with Gasteiger partial charge in [0.25, 0.3) is 0 Å². The molecule has 3 aromatic rings. The number of aromatic nitrogens is 4. The van der Waals surface area contributed by atoms with Gasteiger partial charge in [0.2, 0.25) is 5.95 Å². The minimum absolute atomic E-state index is 0.432. The zero-order chi connectivity index (χ0) is 18.8. The van der Waals surface area contributed by atoms with Crippen molar-refractivity contribution in [2.75, 3.05) is 5.32 Å². The van der Waals surface area contributed by atoms with Gasteiger partial charge < -0.3 is 9.88 Å². The molecule has 1 unspecified atom stereocenters. The van der Waals surface area contributed by atoms with E-state index in [-0.39, 0.29) is 0 Å². The van der Waals surface area contributed by atoms with Crippen molar-refractivity contribution in [3.63, 3.8) is 0 Å². The molecule has 0 aliphatic heterocycles. The quantitative estimate of drug-likeness (QED) is 0.739. The number of fused-ring (bicyclic) bond motifs is 1. The lowest BCUT2D eigenvalue weighted by Crippen LogP contribution is -2.18. The average molecular weight is 360 g/mol. The number of anilines is 1. The number of benzene rings is 1. The van der Waals surface area contributed by atoms with Crippen LogP contribution >= 0.6 is 0 Å². The van der Waals surface area contributed by atoms with Crippen LogP contribution in [0.25, 0.3) is 11.0 Å². The zero-order valence-electron chi connectivity index (χ0n) is 15.8. The summed E-state index contributed by atoms with van der Waals surface area (Å²) in [5, 5.41) is 13.4. The summed E-state index contributed by atoms with van der Waals surface area (Å²) in [5.41, 5.74) is 3.60. The van der Waals surface area contributed by atoms with Crippen molar-refractivity contribution in [2.45, 2.75) is 58.0 Å². The second-order valence-corrected chi connectivity index (χ2v) is 7.15. The molecular weight excluding hydrogens is 336 g/mol. The monoisotopic (exact) mass is 360 g/mol. The molecule has 0 bridgehead atoms. The number of nitrogens with one attached hydrogen (secondary N) is 1. The Morgan fingerprint density at radius 2 is 2.04 bits per heavy atom. The molecule has 4 rings (SSSR count). The molecule has 6 nitrogen and oxygen atoms in total. The van der Waals surface area contributed by atoms with E-state index >= 15 is 0 Å². The Labute approximate surface area is 159 Å². The van der Waals surface area contributed by atoms with Crippen LogP contribution in [0.15, 0.2) is 30.5 Å². The average Bonchev–Trinajstić information content (AvgIpc) is 3.32. The molecule has 6 heteroatoms. The van der Waals surface area contributed by atoms with Gasteiger partial charge in [-0.05, 0) is 44.4 Å². The van der Waals surface area contributed by atoms with E-state index in [1.807, 2.05) is 37.4 Å². The number of aryl methyl sites for hydroxylation is 2. The van der Waals surface area contributed by atoms with Crippen LogP contribution in [0.1, 0.15) is 55.6 Å². The summed E-state index contributed by atoms with van der Waals surface area (Å²) in [4.78, 5) is 13.9. The van der Waals surface area contributed by atoms with E-state index in [1.54, 1.807) is 0 Å². The van der Waals surface area contributed by atoms with Crippen LogP contribution < -0.4 is 5.32 Å². The Kier molecular flexibility index (Phi) is 4.76. The minimum Gasteiger partial charge on any atom is -0.351 e. The first-order chi connectivity index (χ1) is 13.2. The van der Waals surface area contributed by atoms with Gasteiger partial charge in [0.15, 0.2) is 0 Å². The fourth-order valence-electron chi connectivity index (χ4n) is 3.96. The predicted molar refractivity (Wildman–Crippen MR) is 106 cm³/mol. The Morgan fingerprint density at radius 1 is 1.26 bits per heavy atom. The normalized spacial score (nSPS) is 15.7. The smallest absolute Gasteiger partial charge is 0.223 e. The first kappa shape index (κ1) is 17.5. The van der Waals surface area contributed by atoms with Crippen LogP contribution in [0.2, 0.25) is 0 Å². The highest BCUT2D eigenvalue weighted by Gasteiger charge is 2.25. The van der Waals surface area contributed by atoms with Crippen molar-refractivity contribution in [1.82, 2.24) is 19.5 Å². The highest BCUT2D eigenvalue weighted by molar-refractivity contribution is 5.76. The van der Waals surface area contributed by atoms with E-state index in [1.165, 1.54) is 12.8 Å². The van der Waals surface area contributed by atoms with E-state index in [0.29, 0.717) is 12.0 Å². The summed E-state index contributed by atoms with van der Waals surface area (Å²) in [6, 6.07) is 10.9. The van der Waals surface area contributed by atoms with Gasteiger partial charge in [-0.25, -0.2) is 15.0 Å². The van der Waals surface area contributed by atoms with E-state index in [4.69, 9.17) is 9.97 Å². The molecule has 0 amide bonds. The van der Waals surface area contributed by atoms with Crippen molar-refractivity contribution in [1.29, 1.82) is 5.26 Å². The van der Waals surface area contributed by atoms with Crippen LogP contribution in [-0.4, -0.2) is 25.6 Å². The fourth-order valence-corrected chi connectivity index (χ4v) is 3.96.